The Kier molecular flexibility index (Phi) is 8.79. The Morgan fingerprint density at radius 3 is 2.48 bits per heavy atom. The van der Waals surface area contributed by atoms with Gasteiger partial charge in [-0.15, -0.1) is 25.6 Å². The molecule has 1 heterocycles. The molecule has 12 heteroatoms. The van der Waals surface area contributed by atoms with E-state index in [0.29, 0.717) is 19.6 Å². The summed E-state index contributed by atoms with van der Waals surface area (Å²) in [7, 11) is -3.92. The summed E-state index contributed by atoms with van der Waals surface area (Å²) >= 11 is 0. The maximum atomic E-state index is 12.1. The molecule has 0 saturated carbocycles. The molecule has 1 aromatic carbocycles. The van der Waals surface area contributed by atoms with Crippen LogP contribution in [0.5, 0.6) is 5.75 Å². The third kappa shape index (κ3) is 7.91. The second kappa shape index (κ2) is 10.1. The van der Waals surface area contributed by atoms with E-state index in [1.807, 2.05) is 0 Å². The van der Waals surface area contributed by atoms with Crippen LogP contribution in [-0.4, -0.2) is 58.3 Å². The van der Waals surface area contributed by atoms with Gasteiger partial charge in [0.2, 0.25) is 15.9 Å². The molecular weight excluding hydrogens is 411 g/mol. The number of nitrogens with one attached hydrogen (secondary N) is 2. The molecule has 0 spiro atoms. The van der Waals surface area contributed by atoms with E-state index in [9.17, 15) is 26.4 Å². The topological polar surface area (TPSA) is 87.7 Å². The number of carbonyl (C=O) groups excluding carboxylic acids is 1. The smallest absolute Gasteiger partial charge is 0.406 e. The van der Waals surface area contributed by atoms with E-state index in [0.717, 1.165) is 37.2 Å². The SMILES string of the molecule is Cl.O=C(CCNS(=O)(=O)c1ccc(OC(F)(F)F)cc1)N1CCCNCC1. The molecule has 0 unspecified atom stereocenters. The molecule has 0 aromatic heterocycles. The number of sulfonamides is 1. The first-order valence-corrected chi connectivity index (χ1v) is 9.50. The zero-order valence-corrected chi connectivity index (χ0v) is 15.9. The summed E-state index contributed by atoms with van der Waals surface area (Å²) < 4.78 is 66.5. The highest BCUT2D eigenvalue weighted by Crippen LogP contribution is 2.23. The van der Waals surface area contributed by atoms with Crippen molar-refractivity contribution in [2.45, 2.75) is 24.1 Å². The summed E-state index contributed by atoms with van der Waals surface area (Å²) in [5, 5.41) is 3.17. The minimum Gasteiger partial charge on any atom is -0.406 e. The summed E-state index contributed by atoms with van der Waals surface area (Å²) in [5.41, 5.74) is 0. The lowest BCUT2D eigenvalue weighted by atomic mass is 10.3. The van der Waals surface area contributed by atoms with Crippen LogP contribution < -0.4 is 14.8 Å². The summed E-state index contributed by atoms with van der Waals surface area (Å²) in [6.45, 7) is 2.64. The zero-order valence-electron chi connectivity index (χ0n) is 14.3. The molecule has 1 aromatic rings. The Bertz CT molecular complexity index is 706. The van der Waals surface area contributed by atoms with Crippen LogP contribution in [0.1, 0.15) is 12.8 Å². The zero-order chi connectivity index (χ0) is 19.2. The van der Waals surface area contributed by atoms with Crippen LogP contribution in [0.25, 0.3) is 0 Å². The predicted molar refractivity (Wildman–Crippen MR) is 94.2 cm³/mol. The van der Waals surface area contributed by atoms with E-state index in [1.165, 1.54) is 0 Å². The van der Waals surface area contributed by atoms with Crippen LogP contribution in [0, 0.1) is 0 Å². The molecule has 1 aliphatic heterocycles. The third-order valence-electron chi connectivity index (χ3n) is 3.69. The number of halogens is 4. The van der Waals surface area contributed by atoms with Crippen LogP contribution in [0.2, 0.25) is 0 Å². The van der Waals surface area contributed by atoms with Crippen LogP contribution >= 0.6 is 12.4 Å². The number of nitrogens with zero attached hydrogens (tertiary/aromatic N) is 1. The predicted octanol–water partition coefficient (Wildman–Crippen LogP) is 1.50. The average molecular weight is 432 g/mol. The van der Waals surface area contributed by atoms with E-state index < -0.39 is 22.1 Å². The largest absolute Gasteiger partial charge is 0.573 e. The van der Waals surface area contributed by atoms with Gasteiger partial charge in [0, 0.05) is 32.6 Å². The molecule has 0 aliphatic carbocycles. The van der Waals surface area contributed by atoms with E-state index in [4.69, 9.17) is 0 Å². The molecule has 0 radical (unpaired) electrons. The van der Waals surface area contributed by atoms with Crippen molar-refractivity contribution in [1.82, 2.24) is 14.9 Å². The minimum atomic E-state index is -4.85. The number of amides is 1. The number of ether oxygens (including phenoxy) is 1. The van der Waals surface area contributed by atoms with E-state index in [2.05, 4.69) is 14.8 Å². The van der Waals surface area contributed by atoms with Gasteiger partial charge in [-0.25, -0.2) is 13.1 Å². The fourth-order valence-corrected chi connectivity index (χ4v) is 3.48. The van der Waals surface area contributed by atoms with Crippen LogP contribution in [-0.2, 0) is 14.8 Å². The molecule has 7 nitrogen and oxygen atoms in total. The molecule has 2 N–H and O–H groups in total. The van der Waals surface area contributed by atoms with Crippen molar-refractivity contribution in [2.24, 2.45) is 0 Å². The Hall–Kier alpha value is -1.56. The quantitative estimate of drug-likeness (QED) is 0.712. The second-order valence-corrected chi connectivity index (χ2v) is 7.42. The van der Waals surface area contributed by atoms with Crippen LogP contribution in [0.4, 0.5) is 13.2 Å². The van der Waals surface area contributed by atoms with Gasteiger partial charge < -0.3 is 15.0 Å². The van der Waals surface area contributed by atoms with Gasteiger partial charge in [-0.05, 0) is 37.2 Å². The standard InChI is InChI=1S/C15H20F3N3O4S.ClH/c16-15(17,18)25-12-2-4-13(5-3-12)26(23,24)20-8-6-14(22)21-10-1-7-19-9-11-21;/h2-5,19-20H,1,6-11H2;1H. The van der Waals surface area contributed by atoms with E-state index in [-0.39, 0.29) is 36.2 Å². The highest BCUT2D eigenvalue weighted by molar-refractivity contribution is 7.89. The number of hydrogen-bond acceptors (Lipinski definition) is 5. The summed E-state index contributed by atoms with van der Waals surface area (Å²) in [4.78, 5) is 13.6. The maximum absolute atomic E-state index is 12.1. The average Bonchev–Trinajstić information content (AvgIpc) is 2.83. The van der Waals surface area contributed by atoms with Gasteiger partial charge in [0.1, 0.15) is 5.75 Å². The Balaban J connectivity index is 0.00000364. The molecule has 154 valence electrons. The molecular formula is C15H21ClF3N3O4S. The van der Waals surface area contributed by atoms with Crippen LogP contribution in [0.15, 0.2) is 29.2 Å². The van der Waals surface area contributed by atoms with E-state index in [1.54, 1.807) is 4.90 Å². The molecule has 1 aliphatic rings. The molecule has 27 heavy (non-hydrogen) atoms. The highest BCUT2D eigenvalue weighted by atomic mass is 35.5. The maximum Gasteiger partial charge on any atom is 0.573 e. The third-order valence-corrected chi connectivity index (χ3v) is 5.17. The number of hydrogen-bond donors (Lipinski definition) is 2. The molecule has 1 amide bonds. The van der Waals surface area contributed by atoms with Crippen molar-refractivity contribution in [1.29, 1.82) is 0 Å². The first-order chi connectivity index (χ1) is 12.2. The lowest BCUT2D eigenvalue weighted by molar-refractivity contribution is -0.274. The first-order valence-electron chi connectivity index (χ1n) is 8.01. The lowest BCUT2D eigenvalue weighted by Gasteiger charge is -2.20. The van der Waals surface area contributed by atoms with Gasteiger partial charge in [-0.3, -0.25) is 4.79 Å². The highest BCUT2D eigenvalue weighted by Gasteiger charge is 2.31. The van der Waals surface area contributed by atoms with Gasteiger partial charge in [-0.2, -0.15) is 0 Å². The van der Waals surface area contributed by atoms with Gasteiger partial charge in [0.25, 0.3) is 0 Å². The van der Waals surface area contributed by atoms with Crippen molar-refractivity contribution >= 4 is 28.3 Å². The van der Waals surface area contributed by atoms with E-state index >= 15 is 0 Å². The van der Waals surface area contributed by atoms with Crippen molar-refractivity contribution in [2.75, 3.05) is 32.7 Å². The molecule has 0 atom stereocenters. The molecule has 0 bridgehead atoms. The van der Waals surface area contributed by atoms with Crippen molar-refractivity contribution in [3.63, 3.8) is 0 Å². The molecule has 1 fully saturated rings. The minimum absolute atomic E-state index is 0. The van der Waals surface area contributed by atoms with Gasteiger partial charge in [0.15, 0.2) is 0 Å². The normalized spacial score (nSPS) is 15.6. The van der Waals surface area contributed by atoms with Crippen LogP contribution in [0.3, 0.4) is 0 Å². The lowest BCUT2D eigenvalue weighted by Crippen LogP contribution is -2.36. The second-order valence-electron chi connectivity index (χ2n) is 5.65. The Morgan fingerprint density at radius 1 is 1.19 bits per heavy atom. The number of carbonyl (C=O) groups is 1. The Labute approximate surface area is 161 Å². The first kappa shape index (κ1) is 23.5. The fourth-order valence-electron chi connectivity index (χ4n) is 2.45. The van der Waals surface area contributed by atoms with Gasteiger partial charge in [-0.1, -0.05) is 0 Å². The summed E-state index contributed by atoms with van der Waals surface area (Å²) in [6, 6.07) is 3.84. The molecule has 1 saturated heterocycles. The molecule has 2 rings (SSSR count). The fraction of sp³-hybridized carbons (Fsp3) is 0.533. The van der Waals surface area contributed by atoms with Crippen molar-refractivity contribution < 1.29 is 31.1 Å². The number of rotatable bonds is 6. The summed E-state index contributed by atoms with van der Waals surface area (Å²) in [5.74, 6) is -0.660. The van der Waals surface area contributed by atoms with Crippen molar-refractivity contribution in [3.8, 4) is 5.75 Å². The van der Waals surface area contributed by atoms with Crippen molar-refractivity contribution in [3.05, 3.63) is 24.3 Å². The van der Waals surface area contributed by atoms with Gasteiger partial charge in [0.05, 0.1) is 4.90 Å². The number of alkyl halides is 3. The van der Waals surface area contributed by atoms with Gasteiger partial charge >= 0.3 is 6.36 Å². The Morgan fingerprint density at radius 2 is 1.85 bits per heavy atom. The summed E-state index contributed by atoms with van der Waals surface area (Å²) in [6.07, 6.45) is -4.00. The number of benzene rings is 1. The monoisotopic (exact) mass is 431 g/mol.